The fourth-order valence-corrected chi connectivity index (χ4v) is 2.95. The molecule has 0 fully saturated rings. The molecular weight excluding hydrogens is 396 g/mol. The third-order valence-electron chi connectivity index (χ3n) is 4.55. The Morgan fingerprint density at radius 3 is 1.93 bits per heavy atom. The van der Waals surface area contributed by atoms with Crippen LogP contribution in [0.15, 0.2) is 30.3 Å². The van der Waals surface area contributed by atoms with Crippen molar-refractivity contribution in [2.75, 3.05) is 34.5 Å². The number of phenols is 1. The Labute approximate surface area is 174 Å². The van der Waals surface area contributed by atoms with Crippen LogP contribution in [0.5, 0.6) is 28.7 Å². The SMILES string of the molecule is COc1cc([C@@H](O)[C@@H](CO)Oc2c(OC)cc(C[C@H](O)CO)cc2OC)ccc1O. The highest BCUT2D eigenvalue weighted by Gasteiger charge is 2.27. The van der Waals surface area contributed by atoms with Gasteiger partial charge in [-0.15, -0.1) is 0 Å². The average molecular weight is 424 g/mol. The quantitative estimate of drug-likeness (QED) is 0.354. The van der Waals surface area contributed by atoms with Gasteiger partial charge in [-0.3, -0.25) is 0 Å². The van der Waals surface area contributed by atoms with Crippen molar-refractivity contribution in [2.45, 2.75) is 24.7 Å². The summed E-state index contributed by atoms with van der Waals surface area (Å²) < 4.78 is 21.6. The Kier molecular flexibility index (Phi) is 8.55. The van der Waals surface area contributed by atoms with Gasteiger partial charge in [-0.1, -0.05) is 6.07 Å². The molecule has 166 valence electrons. The van der Waals surface area contributed by atoms with E-state index in [4.69, 9.17) is 24.1 Å². The highest BCUT2D eigenvalue weighted by Crippen LogP contribution is 2.41. The average Bonchev–Trinajstić information content (AvgIpc) is 2.77. The molecule has 0 aliphatic rings. The van der Waals surface area contributed by atoms with Crippen molar-refractivity contribution in [3.05, 3.63) is 41.5 Å². The van der Waals surface area contributed by atoms with Crippen LogP contribution in [-0.4, -0.2) is 72.3 Å². The zero-order valence-corrected chi connectivity index (χ0v) is 17.1. The molecule has 0 saturated carbocycles. The van der Waals surface area contributed by atoms with Crippen LogP contribution in [0.4, 0.5) is 0 Å². The summed E-state index contributed by atoms with van der Waals surface area (Å²) in [4.78, 5) is 0. The van der Waals surface area contributed by atoms with E-state index in [0.717, 1.165) is 0 Å². The number of aliphatic hydroxyl groups is 4. The van der Waals surface area contributed by atoms with E-state index in [1.54, 1.807) is 12.1 Å². The fourth-order valence-electron chi connectivity index (χ4n) is 2.95. The van der Waals surface area contributed by atoms with Crippen molar-refractivity contribution in [2.24, 2.45) is 0 Å². The smallest absolute Gasteiger partial charge is 0.204 e. The molecule has 0 aliphatic carbocycles. The van der Waals surface area contributed by atoms with Crippen molar-refractivity contribution >= 4 is 0 Å². The van der Waals surface area contributed by atoms with E-state index in [2.05, 4.69) is 0 Å². The molecule has 30 heavy (non-hydrogen) atoms. The first-order chi connectivity index (χ1) is 14.4. The Balaban J connectivity index is 2.35. The number of aliphatic hydroxyl groups excluding tert-OH is 4. The van der Waals surface area contributed by atoms with Gasteiger partial charge in [0.25, 0.3) is 0 Å². The fraction of sp³-hybridized carbons (Fsp3) is 0.429. The number of benzene rings is 2. The first-order valence-electron chi connectivity index (χ1n) is 9.24. The molecule has 0 heterocycles. The van der Waals surface area contributed by atoms with E-state index in [-0.39, 0.29) is 35.2 Å². The summed E-state index contributed by atoms with van der Waals surface area (Å²) in [6, 6.07) is 7.53. The molecule has 0 unspecified atom stereocenters. The maximum Gasteiger partial charge on any atom is 0.204 e. The monoisotopic (exact) mass is 424 g/mol. The van der Waals surface area contributed by atoms with E-state index >= 15 is 0 Å². The van der Waals surface area contributed by atoms with E-state index in [1.807, 2.05) is 0 Å². The summed E-state index contributed by atoms with van der Waals surface area (Å²) in [5.74, 6) is 0.780. The molecule has 5 N–H and O–H groups in total. The number of phenolic OH excluding ortho intramolecular Hbond substituents is 1. The molecule has 2 aromatic rings. The molecule has 0 bridgehead atoms. The topological polar surface area (TPSA) is 138 Å². The third-order valence-corrected chi connectivity index (χ3v) is 4.55. The number of hydrogen-bond acceptors (Lipinski definition) is 9. The molecular formula is C21H28O9. The van der Waals surface area contributed by atoms with Crippen molar-refractivity contribution in [3.8, 4) is 28.7 Å². The number of ether oxygens (including phenoxy) is 4. The van der Waals surface area contributed by atoms with Crippen LogP contribution in [0.2, 0.25) is 0 Å². The predicted octanol–water partition coefficient (Wildman–Crippen LogP) is 0.787. The predicted molar refractivity (Wildman–Crippen MR) is 107 cm³/mol. The second-order valence-electron chi connectivity index (χ2n) is 6.58. The first-order valence-corrected chi connectivity index (χ1v) is 9.24. The molecule has 0 aromatic heterocycles. The Morgan fingerprint density at radius 2 is 1.43 bits per heavy atom. The van der Waals surface area contributed by atoms with Gasteiger partial charge in [-0.05, 0) is 35.4 Å². The van der Waals surface area contributed by atoms with E-state index in [0.29, 0.717) is 11.1 Å². The Hall–Kier alpha value is -2.72. The van der Waals surface area contributed by atoms with Gasteiger partial charge in [0.1, 0.15) is 6.10 Å². The van der Waals surface area contributed by atoms with Crippen molar-refractivity contribution in [3.63, 3.8) is 0 Å². The van der Waals surface area contributed by atoms with Gasteiger partial charge in [-0.2, -0.15) is 0 Å². The van der Waals surface area contributed by atoms with Crippen LogP contribution in [0, 0.1) is 0 Å². The summed E-state index contributed by atoms with van der Waals surface area (Å²) >= 11 is 0. The van der Waals surface area contributed by atoms with Crippen LogP contribution >= 0.6 is 0 Å². The second kappa shape index (κ2) is 10.9. The summed E-state index contributed by atoms with van der Waals surface area (Å²) in [7, 11) is 4.22. The number of methoxy groups -OCH3 is 3. The molecule has 0 radical (unpaired) electrons. The first kappa shape index (κ1) is 23.6. The molecule has 2 rings (SSSR count). The lowest BCUT2D eigenvalue weighted by Gasteiger charge is -2.25. The largest absolute Gasteiger partial charge is 0.504 e. The molecule has 9 heteroatoms. The van der Waals surface area contributed by atoms with Gasteiger partial charge in [-0.25, -0.2) is 0 Å². The van der Waals surface area contributed by atoms with Crippen LogP contribution in [0.1, 0.15) is 17.2 Å². The van der Waals surface area contributed by atoms with E-state index in [1.165, 1.54) is 39.5 Å². The van der Waals surface area contributed by atoms with Gasteiger partial charge in [0, 0.05) is 6.42 Å². The minimum absolute atomic E-state index is 0.0843. The summed E-state index contributed by atoms with van der Waals surface area (Å²) in [5.41, 5.74) is 1.01. The highest BCUT2D eigenvalue weighted by atomic mass is 16.6. The minimum Gasteiger partial charge on any atom is -0.504 e. The standard InChI is InChI=1S/C21H28O9/c1-27-16-9-13(4-5-15(16)25)20(26)19(11-23)30-21-17(28-2)7-12(6-14(24)10-22)8-18(21)29-3/h4-5,7-9,14,19-20,22-26H,6,10-11H2,1-3H3/t14-,19+,20+/m0/s1. The van der Waals surface area contributed by atoms with Gasteiger partial charge in [0.05, 0.1) is 40.6 Å². The zero-order valence-electron chi connectivity index (χ0n) is 17.1. The maximum absolute atomic E-state index is 10.7. The normalized spacial score (nSPS) is 14.0. The van der Waals surface area contributed by atoms with Crippen molar-refractivity contribution < 1.29 is 44.5 Å². The summed E-state index contributed by atoms with van der Waals surface area (Å²) in [6.45, 7) is -0.917. The highest BCUT2D eigenvalue weighted by molar-refractivity contribution is 5.54. The molecule has 3 atom stereocenters. The van der Waals surface area contributed by atoms with Gasteiger partial charge in [0.2, 0.25) is 5.75 Å². The molecule has 0 saturated heterocycles. The van der Waals surface area contributed by atoms with Gasteiger partial charge < -0.3 is 44.5 Å². The van der Waals surface area contributed by atoms with Gasteiger partial charge in [0.15, 0.2) is 29.1 Å². The van der Waals surface area contributed by atoms with Crippen molar-refractivity contribution in [1.29, 1.82) is 0 Å². The third kappa shape index (κ3) is 5.45. The minimum atomic E-state index is -1.25. The lowest BCUT2D eigenvalue weighted by Crippen LogP contribution is -2.29. The van der Waals surface area contributed by atoms with Crippen LogP contribution < -0.4 is 18.9 Å². The molecule has 9 nitrogen and oxygen atoms in total. The zero-order chi connectivity index (χ0) is 22.3. The lowest BCUT2D eigenvalue weighted by molar-refractivity contribution is -0.00177. The summed E-state index contributed by atoms with van der Waals surface area (Å²) in [6.07, 6.45) is -3.11. The molecule has 0 amide bonds. The Bertz CT molecular complexity index is 799. The molecule has 2 aromatic carbocycles. The van der Waals surface area contributed by atoms with Crippen LogP contribution in [0.3, 0.4) is 0 Å². The Morgan fingerprint density at radius 1 is 0.833 bits per heavy atom. The van der Waals surface area contributed by atoms with E-state index in [9.17, 15) is 20.4 Å². The molecule has 0 spiro atoms. The maximum atomic E-state index is 10.7. The molecule has 0 aliphatic heterocycles. The number of rotatable bonds is 11. The van der Waals surface area contributed by atoms with Crippen LogP contribution in [0.25, 0.3) is 0 Å². The number of hydrogen-bond donors (Lipinski definition) is 5. The number of aromatic hydroxyl groups is 1. The lowest BCUT2D eigenvalue weighted by atomic mass is 10.0. The second-order valence-corrected chi connectivity index (χ2v) is 6.58. The summed E-state index contributed by atoms with van der Waals surface area (Å²) in [5, 5.41) is 49.0. The van der Waals surface area contributed by atoms with Crippen LogP contribution in [-0.2, 0) is 6.42 Å². The van der Waals surface area contributed by atoms with E-state index < -0.39 is 31.5 Å². The van der Waals surface area contributed by atoms with Gasteiger partial charge >= 0.3 is 0 Å². The van der Waals surface area contributed by atoms with Crippen molar-refractivity contribution in [1.82, 2.24) is 0 Å².